The average Bonchev–Trinajstić information content (AvgIpc) is 3.12. The van der Waals surface area contributed by atoms with Crippen molar-refractivity contribution in [2.75, 3.05) is 0 Å². The summed E-state index contributed by atoms with van der Waals surface area (Å²) in [4.78, 5) is 21.7. The van der Waals surface area contributed by atoms with Gasteiger partial charge in [0.15, 0.2) is 5.41 Å². The second-order valence-electron chi connectivity index (χ2n) is 7.07. The highest BCUT2D eigenvalue weighted by Gasteiger charge is 2.37. The number of carbonyl (C=O) groups is 1. The molecule has 1 aliphatic carbocycles. The fourth-order valence-corrected chi connectivity index (χ4v) is 3.03. The molecule has 0 radical (unpaired) electrons. The van der Waals surface area contributed by atoms with E-state index in [1.165, 1.54) is 0 Å². The second-order valence-corrected chi connectivity index (χ2v) is 7.07. The summed E-state index contributed by atoms with van der Waals surface area (Å²) in [5.41, 5.74) is 7.54. The largest absolute Gasteiger partial charge is 0.385 e. The molecule has 0 aromatic heterocycles. The first-order valence-electron chi connectivity index (χ1n) is 8.91. The van der Waals surface area contributed by atoms with Crippen LogP contribution in [0.25, 0.3) is 0 Å². The topological polar surface area (TPSA) is 79.8 Å². The van der Waals surface area contributed by atoms with Crippen LogP contribution >= 0.6 is 0 Å². The number of nitrogens with two attached hydrogens (primary N) is 1. The van der Waals surface area contributed by atoms with Crippen LogP contribution < -0.4 is 11.1 Å². The van der Waals surface area contributed by atoms with Crippen molar-refractivity contribution in [3.8, 4) is 12.3 Å². The number of amidine groups is 1. The number of carbonyl (C=O) groups excluding carboxylic acids is 1. The summed E-state index contributed by atoms with van der Waals surface area (Å²) in [6.45, 7) is 5.57. The number of allylic oxidation sites excluding steroid dienone is 3. The quantitative estimate of drug-likeness (QED) is 0.458. The van der Waals surface area contributed by atoms with Crippen molar-refractivity contribution in [2.45, 2.75) is 65.3 Å². The predicted molar refractivity (Wildman–Crippen MR) is 103 cm³/mol. The zero-order valence-electron chi connectivity index (χ0n) is 15.4. The van der Waals surface area contributed by atoms with Crippen molar-refractivity contribution in [1.82, 2.24) is 5.32 Å². The highest BCUT2D eigenvalue weighted by atomic mass is 16.2. The first-order valence-corrected chi connectivity index (χ1v) is 8.91. The predicted octanol–water partition coefficient (Wildman–Crippen LogP) is 3.08. The Morgan fingerprint density at radius 3 is 2.64 bits per heavy atom. The van der Waals surface area contributed by atoms with Gasteiger partial charge in [-0.2, -0.15) is 0 Å². The molecule has 1 aliphatic heterocycles. The molecule has 0 bridgehead atoms. The van der Waals surface area contributed by atoms with Gasteiger partial charge in [0.1, 0.15) is 5.84 Å². The molecule has 5 nitrogen and oxygen atoms in total. The van der Waals surface area contributed by atoms with Gasteiger partial charge in [0.25, 0.3) is 0 Å². The summed E-state index contributed by atoms with van der Waals surface area (Å²) in [5, 5.41) is 3.03. The SMILES string of the molecule is C#CC(C)(C(=O)NC1CCCC1)/C(N)=N\C(C1=NC=CCC1)=C(C)C. The van der Waals surface area contributed by atoms with E-state index in [-0.39, 0.29) is 17.8 Å². The van der Waals surface area contributed by atoms with Crippen LogP contribution in [0.4, 0.5) is 0 Å². The van der Waals surface area contributed by atoms with Crippen LogP contribution in [-0.2, 0) is 4.79 Å². The molecular weight excluding hydrogens is 312 g/mol. The van der Waals surface area contributed by atoms with E-state index in [4.69, 9.17) is 12.2 Å². The molecule has 1 heterocycles. The van der Waals surface area contributed by atoms with Crippen molar-refractivity contribution in [3.05, 3.63) is 23.5 Å². The van der Waals surface area contributed by atoms with E-state index in [0.717, 1.165) is 55.5 Å². The standard InChI is InChI=1S/C20H28N4O/c1-5-20(4,19(25)23-15-10-6-7-11-15)18(21)24-17(14(2)3)16-12-8-9-13-22-16/h1,9,13,15H,6-8,10-12H2,2-4H3,(H2,21,24)(H,23,25). The molecule has 1 amide bonds. The number of rotatable bonds is 5. The van der Waals surface area contributed by atoms with Gasteiger partial charge in [0.2, 0.25) is 5.91 Å². The third-order valence-corrected chi connectivity index (χ3v) is 4.81. The molecule has 1 atom stereocenters. The van der Waals surface area contributed by atoms with Gasteiger partial charge in [-0.15, -0.1) is 6.42 Å². The lowest BCUT2D eigenvalue weighted by atomic mass is 9.88. The summed E-state index contributed by atoms with van der Waals surface area (Å²) in [5.74, 6) is 2.44. The minimum Gasteiger partial charge on any atom is -0.385 e. The van der Waals surface area contributed by atoms with E-state index in [1.807, 2.05) is 19.9 Å². The van der Waals surface area contributed by atoms with Gasteiger partial charge < -0.3 is 11.1 Å². The Kier molecular flexibility index (Phi) is 6.19. The lowest BCUT2D eigenvalue weighted by Gasteiger charge is -2.25. The molecule has 5 heteroatoms. The molecule has 134 valence electrons. The van der Waals surface area contributed by atoms with Gasteiger partial charge in [-0.25, -0.2) is 4.99 Å². The Labute approximate surface area is 150 Å². The Morgan fingerprint density at radius 1 is 1.44 bits per heavy atom. The minimum absolute atomic E-state index is 0.138. The number of hydrogen-bond acceptors (Lipinski definition) is 3. The first-order chi connectivity index (χ1) is 11.9. The fraction of sp³-hybridized carbons (Fsp3) is 0.550. The van der Waals surface area contributed by atoms with Crippen molar-refractivity contribution >= 4 is 17.5 Å². The van der Waals surface area contributed by atoms with E-state index in [2.05, 4.69) is 21.2 Å². The van der Waals surface area contributed by atoms with Gasteiger partial charge in [0, 0.05) is 12.2 Å². The summed E-state index contributed by atoms with van der Waals surface area (Å²) in [6, 6.07) is 0.184. The summed E-state index contributed by atoms with van der Waals surface area (Å²) >= 11 is 0. The zero-order chi connectivity index (χ0) is 18.4. The molecule has 0 aromatic carbocycles. The molecule has 1 fully saturated rings. The molecule has 1 saturated carbocycles. The number of aliphatic imine (C=N–C) groups is 2. The van der Waals surface area contributed by atoms with Crippen molar-refractivity contribution in [1.29, 1.82) is 0 Å². The molecule has 0 aromatic rings. The van der Waals surface area contributed by atoms with Crippen molar-refractivity contribution < 1.29 is 4.79 Å². The van der Waals surface area contributed by atoms with Crippen LogP contribution in [-0.4, -0.2) is 23.5 Å². The van der Waals surface area contributed by atoms with Gasteiger partial charge >= 0.3 is 0 Å². The zero-order valence-corrected chi connectivity index (χ0v) is 15.4. The van der Waals surface area contributed by atoms with E-state index >= 15 is 0 Å². The third kappa shape index (κ3) is 4.39. The fourth-order valence-electron chi connectivity index (χ4n) is 3.03. The van der Waals surface area contributed by atoms with E-state index < -0.39 is 5.41 Å². The lowest BCUT2D eigenvalue weighted by Crippen LogP contribution is -2.49. The van der Waals surface area contributed by atoms with E-state index in [9.17, 15) is 4.79 Å². The Hall–Kier alpha value is -2.35. The molecule has 2 aliphatic rings. The van der Waals surface area contributed by atoms with Gasteiger partial charge in [-0.3, -0.25) is 9.79 Å². The molecule has 1 unspecified atom stereocenters. The molecule has 3 N–H and O–H groups in total. The van der Waals surface area contributed by atoms with Crippen LogP contribution in [0.3, 0.4) is 0 Å². The Balaban J connectivity index is 2.27. The summed E-state index contributed by atoms with van der Waals surface area (Å²) < 4.78 is 0. The highest BCUT2D eigenvalue weighted by molar-refractivity contribution is 6.12. The molecule has 2 rings (SSSR count). The van der Waals surface area contributed by atoms with Gasteiger partial charge in [0.05, 0.1) is 11.4 Å². The average molecular weight is 340 g/mol. The minimum atomic E-state index is -1.27. The molecular formula is C20H28N4O. The Morgan fingerprint density at radius 2 is 2.12 bits per heavy atom. The Bertz CT molecular complexity index is 683. The lowest BCUT2D eigenvalue weighted by molar-refractivity contribution is -0.125. The van der Waals surface area contributed by atoms with Crippen molar-refractivity contribution in [2.24, 2.45) is 21.1 Å². The normalized spacial score (nSPS) is 20.4. The third-order valence-electron chi connectivity index (χ3n) is 4.81. The molecule has 25 heavy (non-hydrogen) atoms. The van der Waals surface area contributed by atoms with Crippen molar-refractivity contribution in [3.63, 3.8) is 0 Å². The first kappa shape index (κ1) is 19.0. The van der Waals surface area contributed by atoms with Crippen LogP contribution in [0.5, 0.6) is 0 Å². The van der Waals surface area contributed by atoms with Gasteiger partial charge in [-0.05, 0) is 52.0 Å². The number of hydrogen-bond donors (Lipinski definition) is 2. The highest BCUT2D eigenvalue weighted by Crippen LogP contribution is 2.23. The van der Waals surface area contributed by atoms with Crippen LogP contribution in [0.15, 0.2) is 33.5 Å². The summed E-state index contributed by atoms with van der Waals surface area (Å²) in [6.07, 6.45) is 15.4. The molecule has 0 saturated heterocycles. The number of terminal acetylenes is 1. The number of nitrogens with one attached hydrogen (secondary N) is 1. The van der Waals surface area contributed by atoms with Gasteiger partial charge in [-0.1, -0.05) is 24.8 Å². The number of amides is 1. The monoisotopic (exact) mass is 340 g/mol. The van der Waals surface area contributed by atoms with Crippen LogP contribution in [0.2, 0.25) is 0 Å². The molecule has 0 spiro atoms. The van der Waals surface area contributed by atoms with E-state index in [1.54, 1.807) is 13.1 Å². The smallest absolute Gasteiger partial charge is 0.245 e. The van der Waals surface area contributed by atoms with Crippen LogP contribution in [0.1, 0.15) is 59.3 Å². The van der Waals surface area contributed by atoms with Crippen LogP contribution in [0, 0.1) is 17.8 Å². The number of nitrogens with zero attached hydrogens (tertiary/aromatic N) is 2. The maximum atomic E-state index is 12.7. The maximum absolute atomic E-state index is 12.7. The summed E-state index contributed by atoms with van der Waals surface area (Å²) in [7, 11) is 0. The van der Waals surface area contributed by atoms with E-state index in [0.29, 0.717) is 0 Å². The second kappa shape index (κ2) is 8.15. The maximum Gasteiger partial charge on any atom is 0.245 e.